The van der Waals surface area contributed by atoms with Gasteiger partial charge in [-0.2, -0.15) is 13.9 Å². The standard InChI is InChI=1S/C24H27F2N3O2/c1-14-4-7-17(24(14,2)3)11-19-20(22(27)30)12-28-29-13-16(10-21(19)29)15-5-8-18(9-6-15)31-23(25)26/h5-6,8-10,12-14,17,23H,4,7,11H2,1-3H3,(H2,27,30). The Kier molecular flexibility index (Phi) is 5.45. The van der Waals surface area contributed by atoms with Crippen LogP contribution in [0.25, 0.3) is 16.6 Å². The van der Waals surface area contributed by atoms with E-state index in [2.05, 4.69) is 30.6 Å². The molecule has 0 radical (unpaired) electrons. The number of alkyl halides is 2. The predicted octanol–water partition coefficient (Wildman–Crippen LogP) is 5.32. The molecule has 1 aliphatic carbocycles. The number of rotatable bonds is 6. The van der Waals surface area contributed by atoms with E-state index in [9.17, 15) is 13.6 Å². The van der Waals surface area contributed by atoms with Crippen molar-refractivity contribution in [2.75, 3.05) is 0 Å². The van der Waals surface area contributed by atoms with Crippen LogP contribution in [-0.2, 0) is 6.42 Å². The van der Waals surface area contributed by atoms with E-state index in [1.165, 1.54) is 18.6 Å². The van der Waals surface area contributed by atoms with Crippen molar-refractivity contribution in [3.05, 3.63) is 53.9 Å². The summed E-state index contributed by atoms with van der Waals surface area (Å²) >= 11 is 0. The molecular formula is C24H27F2N3O2. The van der Waals surface area contributed by atoms with Gasteiger partial charge in [0.1, 0.15) is 5.75 Å². The largest absolute Gasteiger partial charge is 0.435 e. The van der Waals surface area contributed by atoms with Gasteiger partial charge in [-0.3, -0.25) is 4.79 Å². The van der Waals surface area contributed by atoms with Gasteiger partial charge in [0.25, 0.3) is 5.91 Å². The normalized spacial score (nSPS) is 20.5. The minimum Gasteiger partial charge on any atom is -0.435 e. The minimum absolute atomic E-state index is 0.106. The van der Waals surface area contributed by atoms with Crippen LogP contribution in [0, 0.1) is 17.3 Å². The average molecular weight is 427 g/mol. The fourth-order valence-electron chi connectivity index (χ4n) is 4.73. The third-order valence-electron chi connectivity index (χ3n) is 7.15. The molecule has 164 valence electrons. The maximum absolute atomic E-state index is 12.4. The maximum Gasteiger partial charge on any atom is 0.387 e. The van der Waals surface area contributed by atoms with E-state index in [4.69, 9.17) is 5.73 Å². The predicted molar refractivity (Wildman–Crippen MR) is 115 cm³/mol. The Balaban J connectivity index is 1.74. The number of hydrogen-bond acceptors (Lipinski definition) is 3. The second-order valence-electron chi connectivity index (χ2n) is 9.06. The molecule has 3 aromatic rings. The van der Waals surface area contributed by atoms with Crippen molar-refractivity contribution >= 4 is 11.4 Å². The lowest BCUT2D eigenvalue weighted by atomic mass is 9.73. The number of benzene rings is 1. The van der Waals surface area contributed by atoms with Crippen LogP contribution < -0.4 is 10.5 Å². The monoisotopic (exact) mass is 427 g/mol. The van der Waals surface area contributed by atoms with Gasteiger partial charge in [0, 0.05) is 11.8 Å². The third-order valence-corrected chi connectivity index (χ3v) is 7.15. The molecular weight excluding hydrogens is 400 g/mol. The van der Waals surface area contributed by atoms with E-state index >= 15 is 0 Å². The van der Waals surface area contributed by atoms with E-state index < -0.39 is 12.5 Å². The first kappa shape index (κ1) is 21.3. The zero-order chi connectivity index (χ0) is 22.3. The van der Waals surface area contributed by atoms with Crippen LogP contribution in [0.2, 0.25) is 0 Å². The summed E-state index contributed by atoms with van der Waals surface area (Å²) in [5.41, 5.74) is 9.78. The van der Waals surface area contributed by atoms with Crippen molar-refractivity contribution in [3.8, 4) is 16.9 Å². The topological polar surface area (TPSA) is 69.6 Å². The number of nitrogens with two attached hydrogens (primary N) is 1. The van der Waals surface area contributed by atoms with E-state index in [1.54, 1.807) is 22.8 Å². The molecule has 1 amide bonds. The lowest BCUT2D eigenvalue weighted by Gasteiger charge is -2.31. The van der Waals surface area contributed by atoms with Crippen molar-refractivity contribution in [2.24, 2.45) is 23.0 Å². The molecule has 2 heterocycles. The number of ether oxygens (including phenoxy) is 1. The van der Waals surface area contributed by atoms with Gasteiger partial charge >= 0.3 is 6.61 Å². The SMILES string of the molecule is CC1CCC(Cc2c(C(N)=O)cnn3cc(-c4ccc(OC(F)F)cc4)cc23)C1(C)C. The number of primary amides is 1. The molecule has 4 rings (SSSR count). The van der Waals surface area contributed by atoms with Crippen molar-refractivity contribution in [1.29, 1.82) is 0 Å². The summed E-state index contributed by atoms with van der Waals surface area (Å²) in [6.07, 6.45) is 6.45. The van der Waals surface area contributed by atoms with Crippen LogP contribution in [0.4, 0.5) is 8.78 Å². The average Bonchev–Trinajstić information content (AvgIpc) is 3.24. The number of amides is 1. The molecule has 1 fully saturated rings. The molecule has 2 N–H and O–H groups in total. The van der Waals surface area contributed by atoms with Gasteiger partial charge in [0.2, 0.25) is 0 Å². The van der Waals surface area contributed by atoms with Crippen molar-refractivity contribution in [1.82, 2.24) is 9.61 Å². The van der Waals surface area contributed by atoms with Crippen LogP contribution in [0.3, 0.4) is 0 Å². The Labute approximate surface area is 180 Å². The second-order valence-corrected chi connectivity index (χ2v) is 9.06. The molecule has 2 unspecified atom stereocenters. The van der Waals surface area contributed by atoms with Gasteiger partial charge in [0.05, 0.1) is 17.3 Å². The highest BCUT2D eigenvalue weighted by atomic mass is 19.3. The first-order valence-corrected chi connectivity index (χ1v) is 10.5. The fourth-order valence-corrected chi connectivity index (χ4v) is 4.73. The lowest BCUT2D eigenvalue weighted by Crippen LogP contribution is -2.26. The molecule has 0 aliphatic heterocycles. The highest BCUT2D eigenvalue weighted by Gasteiger charge is 2.40. The van der Waals surface area contributed by atoms with Crippen molar-refractivity contribution < 1.29 is 18.3 Å². The van der Waals surface area contributed by atoms with Crippen LogP contribution in [0.5, 0.6) is 5.75 Å². The van der Waals surface area contributed by atoms with Gasteiger partial charge in [-0.1, -0.05) is 32.9 Å². The molecule has 1 saturated carbocycles. The quantitative estimate of drug-likeness (QED) is 0.579. The highest BCUT2D eigenvalue weighted by molar-refractivity contribution is 5.96. The molecule has 2 aromatic heterocycles. The Morgan fingerprint density at radius 3 is 2.55 bits per heavy atom. The second kappa shape index (κ2) is 7.94. The molecule has 0 spiro atoms. The van der Waals surface area contributed by atoms with Gasteiger partial charge < -0.3 is 10.5 Å². The molecule has 31 heavy (non-hydrogen) atoms. The zero-order valence-electron chi connectivity index (χ0n) is 17.9. The summed E-state index contributed by atoms with van der Waals surface area (Å²) in [6.45, 7) is 4.02. The number of carbonyl (C=O) groups excluding carboxylic acids is 1. The molecule has 0 saturated heterocycles. The number of halogens is 2. The molecule has 2 atom stereocenters. The number of nitrogens with zero attached hydrogens (tertiary/aromatic N) is 2. The Bertz CT molecular complexity index is 1110. The van der Waals surface area contributed by atoms with Gasteiger partial charge in [0.15, 0.2) is 0 Å². The van der Waals surface area contributed by atoms with E-state index in [1.807, 2.05) is 12.3 Å². The zero-order valence-corrected chi connectivity index (χ0v) is 17.9. The minimum atomic E-state index is -2.86. The van der Waals surface area contributed by atoms with Crippen LogP contribution in [-0.4, -0.2) is 22.1 Å². The van der Waals surface area contributed by atoms with Crippen molar-refractivity contribution in [3.63, 3.8) is 0 Å². The first-order chi connectivity index (χ1) is 14.7. The summed E-state index contributed by atoms with van der Waals surface area (Å²) in [5.74, 6) is 0.680. The number of hydrogen-bond donors (Lipinski definition) is 1. The summed E-state index contributed by atoms with van der Waals surface area (Å²) in [4.78, 5) is 12.2. The summed E-state index contributed by atoms with van der Waals surface area (Å²) in [6, 6.07) is 8.44. The summed E-state index contributed by atoms with van der Waals surface area (Å²) < 4.78 is 31.0. The molecule has 1 aromatic carbocycles. The number of aromatic nitrogens is 2. The lowest BCUT2D eigenvalue weighted by molar-refractivity contribution is -0.0498. The van der Waals surface area contributed by atoms with Crippen LogP contribution in [0.15, 0.2) is 42.7 Å². The van der Waals surface area contributed by atoms with E-state index in [0.717, 1.165) is 35.0 Å². The fraction of sp³-hybridized carbons (Fsp3) is 0.417. The van der Waals surface area contributed by atoms with Gasteiger partial charge in [-0.05, 0) is 65.8 Å². The van der Waals surface area contributed by atoms with Gasteiger partial charge in [-0.25, -0.2) is 4.52 Å². The first-order valence-electron chi connectivity index (χ1n) is 10.5. The van der Waals surface area contributed by atoms with E-state index in [0.29, 0.717) is 17.4 Å². The van der Waals surface area contributed by atoms with E-state index in [-0.39, 0.29) is 11.2 Å². The third kappa shape index (κ3) is 4.01. The van der Waals surface area contributed by atoms with Crippen LogP contribution >= 0.6 is 0 Å². The Morgan fingerprint density at radius 1 is 1.26 bits per heavy atom. The maximum atomic E-state index is 12.4. The highest BCUT2D eigenvalue weighted by Crippen LogP contribution is 2.49. The number of carbonyl (C=O) groups is 1. The Hall–Kier alpha value is -2.96. The molecule has 5 nitrogen and oxygen atoms in total. The summed E-state index contributed by atoms with van der Waals surface area (Å²) in [7, 11) is 0. The summed E-state index contributed by atoms with van der Waals surface area (Å²) in [5, 5.41) is 4.38. The Morgan fingerprint density at radius 2 is 1.97 bits per heavy atom. The molecule has 1 aliphatic rings. The smallest absolute Gasteiger partial charge is 0.387 e. The van der Waals surface area contributed by atoms with Gasteiger partial charge in [-0.15, -0.1) is 0 Å². The van der Waals surface area contributed by atoms with Crippen molar-refractivity contribution in [2.45, 2.75) is 46.6 Å². The number of fused-ring (bicyclic) bond motifs is 1. The van der Waals surface area contributed by atoms with Crippen LogP contribution in [0.1, 0.15) is 49.5 Å². The molecule has 0 bridgehead atoms. The molecule has 7 heteroatoms.